The van der Waals surface area contributed by atoms with Crippen LogP contribution in [0.2, 0.25) is 0 Å². The molecule has 5 heteroatoms. The molecular weight excluding hydrogens is 202 g/mol. The second-order valence-electron chi connectivity index (χ2n) is 3.83. The molecule has 1 N–H and O–H groups in total. The average Bonchev–Trinajstić information content (AvgIpc) is 2.51. The molecule has 1 fully saturated rings. The van der Waals surface area contributed by atoms with Crippen LogP contribution in [0.15, 0.2) is 0 Å². The molecule has 0 aromatic rings. The fourth-order valence-electron chi connectivity index (χ4n) is 1.67. The summed E-state index contributed by atoms with van der Waals surface area (Å²) < 4.78 is 22.3. The van der Waals surface area contributed by atoms with Gasteiger partial charge in [-0.3, -0.25) is 0 Å². The highest BCUT2D eigenvalue weighted by Gasteiger charge is 2.19. The standard InChI is InChI=1S/C9H19NO3S/c1-2-14(12,13)7-3-5-10-6-4-9(11)8-10/h9,11H,2-8H2,1H3/t9-/m0/s1. The SMILES string of the molecule is CCS(=O)(=O)CCCN1CC[C@H](O)C1. The maximum absolute atomic E-state index is 11.2. The van der Waals surface area contributed by atoms with Gasteiger partial charge in [-0.2, -0.15) is 0 Å². The first-order chi connectivity index (χ1) is 6.53. The van der Waals surface area contributed by atoms with Crippen LogP contribution in [-0.2, 0) is 9.84 Å². The van der Waals surface area contributed by atoms with E-state index < -0.39 is 9.84 Å². The molecule has 0 saturated carbocycles. The lowest BCUT2D eigenvalue weighted by molar-refractivity contribution is 0.176. The number of β-amino-alcohol motifs (C(OH)–C–C–N with tert-alkyl or cyclic N) is 1. The zero-order valence-corrected chi connectivity index (χ0v) is 9.46. The van der Waals surface area contributed by atoms with E-state index in [0.29, 0.717) is 13.0 Å². The normalized spacial score (nSPS) is 24.3. The largest absolute Gasteiger partial charge is 0.392 e. The van der Waals surface area contributed by atoms with Crippen LogP contribution in [0, 0.1) is 0 Å². The lowest BCUT2D eigenvalue weighted by Gasteiger charge is -2.13. The number of sulfone groups is 1. The Morgan fingerprint density at radius 2 is 2.21 bits per heavy atom. The Hall–Kier alpha value is -0.130. The maximum Gasteiger partial charge on any atom is 0.150 e. The highest BCUT2D eigenvalue weighted by Crippen LogP contribution is 2.09. The van der Waals surface area contributed by atoms with Gasteiger partial charge in [0.1, 0.15) is 9.84 Å². The van der Waals surface area contributed by atoms with Crippen LogP contribution in [-0.4, -0.2) is 55.7 Å². The highest BCUT2D eigenvalue weighted by atomic mass is 32.2. The first kappa shape index (κ1) is 11.9. The van der Waals surface area contributed by atoms with Crippen molar-refractivity contribution in [2.75, 3.05) is 31.1 Å². The van der Waals surface area contributed by atoms with E-state index in [1.807, 2.05) is 0 Å². The van der Waals surface area contributed by atoms with E-state index in [9.17, 15) is 13.5 Å². The van der Waals surface area contributed by atoms with E-state index >= 15 is 0 Å². The molecule has 1 heterocycles. The Labute approximate surface area is 85.8 Å². The molecule has 1 saturated heterocycles. The second-order valence-corrected chi connectivity index (χ2v) is 6.31. The quantitative estimate of drug-likeness (QED) is 0.703. The minimum absolute atomic E-state index is 0.210. The van der Waals surface area contributed by atoms with E-state index in [4.69, 9.17) is 0 Å². The lowest BCUT2D eigenvalue weighted by Crippen LogP contribution is -2.25. The van der Waals surface area contributed by atoms with Gasteiger partial charge >= 0.3 is 0 Å². The smallest absolute Gasteiger partial charge is 0.150 e. The molecule has 0 unspecified atom stereocenters. The molecular formula is C9H19NO3S. The third-order valence-electron chi connectivity index (χ3n) is 2.62. The van der Waals surface area contributed by atoms with Crippen LogP contribution >= 0.6 is 0 Å². The first-order valence-corrected chi connectivity index (χ1v) is 6.96. The Morgan fingerprint density at radius 1 is 1.50 bits per heavy atom. The van der Waals surface area contributed by atoms with Gasteiger partial charge in [0.15, 0.2) is 0 Å². The van der Waals surface area contributed by atoms with Gasteiger partial charge in [-0.15, -0.1) is 0 Å². The van der Waals surface area contributed by atoms with Gasteiger partial charge in [0.05, 0.1) is 11.9 Å². The van der Waals surface area contributed by atoms with Gasteiger partial charge in [0, 0.05) is 18.8 Å². The molecule has 0 aromatic carbocycles. The molecule has 0 aliphatic carbocycles. The molecule has 1 aliphatic heterocycles. The molecule has 1 atom stereocenters. The Morgan fingerprint density at radius 3 is 2.71 bits per heavy atom. The first-order valence-electron chi connectivity index (χ1n) is 5.14. The lowest BCUT2D eigenvalue weighted by atomic mass is 10.3. The van der Waals surface area contributed by atoms with Crippen molar-refractivity contribution in [3.05, 3.63) is 0 Å². The number of hydrogen-bond donors (Lipinski definition) is 1. The van der Waals surface area contributed by atoms with Crippen LogP contribution in [0.4, 0.5) is 0 Å². The topological polar surface area (TPSA) is 57.6 Å². The van der Waals surface area contributed by atoms with Crippen molar-refractivity contribution in [2.24, 2.45) is 0 Å². The third kappa shape index (κ3) is 3.94. The van der Waals surface area contributed by atoms with Gasteiger partial charge < -0.3 is 10.0 Å². The summed E-state index contributed by atoms with van der Waals surface area (Å²) in [5.41, 5.74) is 0. The van der Waals surface area contributed by atoms with Gasteiger partial charge in [0.25, 0.3) is 0 Å². The summed E-state index contributed by atoms with van der Waals surface area (Å²) in [5.74, 6) is 0.506. The van der Waals surface area contributed by atoms with Crippen LogP contribution in [0.25, 0.3) is 0 Å². The van der Waals surface area contributed by atoms with Crippen molar-refractivity contribution in [3.63, 3.8) is 0 Å². The average molecular weight is 221 g/mol. The van der Waals surface area contributed by atoms with Crippen LogP contribution in [0.3, 0.4) is 0 Å². The second kappa shape index (κ2) is 5.09. The molecule has 0 amide bonds. The zero-order valence-electron chi connectivity index (χ0n) is 8.65. The fraction of sp³-hybridized carbons (Fsp3) is 1.00. The molecule has 1 rings (SSSR count). The van der Waals surface area contributed by atoms with Gasteiger partial charge in [-0.1, -0.05) is 6.92 Å². The minimum atomic E-state index is -2.81. The van der Waals surface area contributed by atoms with Crippen molar-refractivity contribution < 1.29 is 13.5 Å². The van der Waals surface area contributed by atoms with E-state index in [0.717, 1.165) is 19.5 Å². The van der Waals surface area contributed by atoms with Crippen molar-refractivity contribution in [1.82, 2.24) is 4.90 Å². The molecule has 0 spiro atoms. The van der Waals surface area contributed by atoms with Crippen LogP contribution in [0.5, 0.6) is 0 Å². The van der Waals surface area contributed by atoms with Crippen molar-refractivity contribution >= 4 is 9.84 Å². The van der Waals surface area contributed by atoms with Crippen LogP contribution < -0.4 is 0 Å². The highest BCUT2D eigenvalue weighted by molar-refractivity contribution is 7.91. The summed E-state index contributed by atoms with van der Waals surface area (Å²) in [6, 6.07) is 0. The predicted octanol–water partition coefficient (Wildman–Crippen LogP) is -0.122. The maximum atomic E-state index is 11.2. The molecule has 1 aliphatic rings. The minimum Gasteiger partial charge on any atom is -0.392 e. The number of aliphatic hydroxyl groups is 1. The number of hydrogen-bond acceptors (Lipinski definition) is 4. The molecule has 84 valence electrons. The van der Waals surface area contributed by atoms with Crippen molar-refractivity contribution in [2.45, 2.75) is 25.9 Å². The van der Waals surface area contributed by atoms with E-state index in [1.54, 1.807) is 6.92 Å². The van der Waals surface area contributed by atoms with Crippen LogP contribution in [0.1, 0.15) is 19.8 Å². The van der Waals surface area contributed by atoms with E-state index in [1.165, 1.54) is 0 Å². The third-order valence-corrected chi connectivity index (χ3v) is 4.41. The number of aliphatic hydroxyl groups excluding tert-OH is 1. The summed E-state index contributed by atoms with van der Waals surface area (Å²) >= 11 is 0. The summed E-state index contributed by atoms with van der Waals surface area (Å²) in [4.78, 5) is 2.12. The Balaban J connectivity index is 2.16. The molecule has 4 nitrogen and oxygen atoms in total. The number of likely N-dealkylation sites (tertiary alicyclic amines) is 1. The van der Waals surface area contributed by atoms with Crippen molar-refractivity contribution in [3.8, 4) is 0 Å². The summed E-state index contributed by atoms with van der Waals surface area (Å²) in [6.45, 7) is 4.06. The molecule has 0 radical (unpaired) electrons. The van der Waals surface area contributed by atoms with Gasteiger partial charge in [0.2, 0.25) is 0 Å². The fourth-order valence-corrected chi connectivity index (χ4v) is 2.53. The Kier molecular flexibility index (Phi) is 4.34. The zero-order chi connectivity index (χ0) is 10.6. The molecule has 14 heavy (non-hydrogen) atoms. The summed E-state index contributed by atoms with van der Waals surface area (Å²) in [6.07, 6.45) is 1.29. The molecule has 0 bridgehead atoms. The summed E-state index contributed by atoms with van der Waals surface area (Å²) in [5, 5.41) is 9.25. The summed E-state index contributed by atoms with van der Waals surface area (Å²) in [7, 11) is -2.81. The predicted molar refractivity (Wildman–Crippen MR) is 56.0 cm³/mol. The number of nitrogens with zero attached hydrogens (tertiary/aromatic N) is 1. The van der Waals surface area contributed by atoms with E-state index in [2.05, 4.69) is 4.90 Å². The molecule has 0 aromatic heterocycles. The van der Waals surface area contributed by atoms with E-state index in [-0.39, 0.29) is 17.6 Å². The van der Waals surface area contributed by atoms with Gasteiger partial charge in [-0.05, 0) is 19.4 Å². The monoisotopic (exact) mass is 221 g/mol. The van der Waals surface area contributed by atoms with Crippen molar-refractivity contribution in [1.29, 1.82) is 0 Å². The number of rotatable bonds is 5. The van der Waals surface area contributed by atoms with Gasteiger partial charge in [-0.25, -0.2) is 8.42 Å². The Bertz CT molecular complexity index is 263.